The molecule has 0 saturated carbocycles. The predicted molar refractivity (Wildman–Crippen MR) is 70.6 cm³/mol. The van der Waals surface area contributed by atoms with E-state index in [9.17, 15) is 18.0 Å². The van der Waals surface area contributed by atoms with Gasteiger partial charge in [0.1, 0.15) is 0 Å². The second-order valence-corrected chi connectivity index (χ2v) is 5.43. The quantitative estimate of drug-likeness (QED) is 0.695. The summed E-state index contributed by atoms with van der Waals surface area (Å²) in [6.45, 7) is 1.83. The summed E-state index contributed by atoms with van der Waals surface area (Å²) >= 11 is 1.07. The van der Waals surface area contributed by atoms with Crippen molar-refractivity contribution in [3.8, 4) is 0 Å². The molecule has 1 N–H and O–H groups in total. The molecule has 0 aliphatic heterocycles. The van der Waals surface area contributed by atoms with Gasteiger partial charge in [0.2, 0.25) is 0 Å². The number of hydrogen-bond donors (Lipinski definition) is 1. The molecule has 0 bridgehead atoms. The molecule has 0 spiro atoms. The number of benzene rings is 1. The number of hydrogen-bond acceptors (Lipinski definition) is 3. The Kier molecular flexibility index (Phi) is 4.17. The number of nitrogens with zero attached hydrogens (tertiary/aromatic N) is 1. The number of aromatic nitrogens is 2. The third-order valence-corrected chi connectivity index (χ3v) is 3.61. The standard InChI is InChI=1S/C13H11F3N2OS/c1-8(9-5-3-2-4-6-9)20-12-17-10(13(14,15)16)7-11(19)18-12/h2-8H,1H3,(H,17,18,19)/t8-/m0/s1. The molecule has 106 valence electrons. The second-order valence-electron chi connectivity index (χ2n) is 4.10. The molecule has 1 aromatic carbocycles. The Morgan fingerprint density at radius 3 is 2.50 bits per heavy atom. The number of aromatic amines is 1. The van der Waals surface area contributed by atoms with E-state index >= 15 is 0 Å². The van der Waals surface area contributed by atoms with Gasteiger partial charge >= 0.3 is 6.18 Å². The van der Waals surface area contributed by atoms with Crippen molar-refractivity contribution in [1.82, 2.24) is 9.97 Å². The lowest BCUT2D eigenvalue weighted by Crippen LogP contribution is -2.16. The maximum atomic E-state index is 12.6. The van der Waals surface area contributed by atoms with Crippen molar-refractivity contribution in [2.45, 2.75) is 23.5 Å². The van der Waals surface area contributed by atoms with Crippen molar-refractivity contribution in [2.75, 3.05) is 0 Å². The minimum atomic E-state index is -4.63. The van der Waals surface area contributed by atoms with Crippen LogP contribution in [0.4, 0.5) is 13.2 Å². The van der Waals surface area contributed by atoms with Gasteiger partial charge in [0.05, 0.1) is 0 Å². The molecular weight excluding hydrogens is 289 g/mol. The summed E-state index contributed by atoms with van der Waals surface area (Å²) in [5.74, 6) is 0. The first-order valence-electron chi connectivity index (χ1n) is 5.76. The van der Waals surface area contributed by atoms with E-state index in [0.29, 0.717) is 6.07 Å². The Morgan fingerprint density at radius 2 is 1.90 bits per heavy atom. The average molecular weight is 300 g/mol. The van der Waals surface area contributed by atoms with E-state index in [4.69, 9.17) is 0 Å². The number of halogens is 3. The Morgan fingerprint density at radius 1 is 1.25 bits per heavy atom. The van der Waals surface area contributed by atoms with Crippen molar-refractivity contribution < 1.29 is 13.2 Å². The molecule has 0 saturated heterocycles. The van der Waals surface area contributed by atoms with E-state index < -0.39 is 17.4 Å². The SMILES string of the molecule is C[C@H](Sc1nc(C(F)(F)F)cc(=O)[nH]1)c1ccccc1. The molecule has 20 heavy (non-hydrogen) atoms. The first-order valence-corrected chi connectivity index (χ1v) is 6.64. The molecule has 1 atom stereocenters. The van der Waals surface area contributed by atoms with E-state index in [2.05, 4.69) is 9.97 Å². The molecule has 2 aromatic rings. The molecule has 3 nitrogen and oxygen atoms in total. The van der Waals surface area contributed by atoms with Crippen LogP contribution in [0.25, 0.3) is 0 Å². The highest BCUT2D eigenvalue weighted by Crippen LogP contribution is 2.33. The maximum Gasteiger partial charge on any atom is 0.433 e. The van der Waals surface area contributed by atoms with Crippen LogP contribution in [0.2, 0.25) is 0 Å². The molecule has 0 fully saturated rings. The highest BCUT2D eigenvalue weighted by molar-refractivity contribution is 7.99. The van der Waals surface area contributed by atoms with E-state index in [0.717, 1.165) is 17.3 Å². The third-order valence-electron chi connectivity index (χ3n) is 2.57. The highest BCUT2D eigenvalue weighted by Gasteiger charge is 2.33. The Labute approximate surface area is 117 Å². The summed E-state index contributed by atoms with van der Waals surface area (Å²) in [6, 6.07) is 9.72. The van der Waals surface area contributed by atoms with Crippen molar-refractivity contribution >= 4 is 11.8 Å². The fraction of sp³-hybridized carbons (Fsp3) is 0.231. The number of H-pyrrole nitrogens is 1. The lowest BCUT2D eigenvalue weighted by molar-refractivity contribution is -0.141. The molecule has 0 radical (unpaired) electrons. The van der Waals surface area contributed by atoms with Crippen LogP contribution in [0.5, 0.6) is 0 Å². The number of nitrogens with one attached hydrogen (secondary N) is 1. The van der Waals surface area contributed by atoms with Crippen LogP contribution in [0, 0.1) is 0 Å². The van der Waals surface area contributed by atoms with E-state index in [-0.39, 0.29) is 10.4 Å². The van der Waals surface area contributed by atoms with Gasteiger partial charge in [-0.3, -0.25) is 4.79 Å². The zero-order valence-electron chi connectivity index (χ0n) is 10.4. The third kappa shape index (κ3) is 3.63. The fourth-order valence-electron chi connectivity index (χ4n) is 1.60. The molecule has 0 aliphatic rings. The molecule has 1 heterocycles. The van der Waals surface area contributed by atoms with Crippen LogP contribution in [0.1, 0.15) is 23.4 Å². The van der Waals surface area contributed by atoms with Gasteiger partial charge in [-0.05, 0) is 12.5 Å². The van der Waals surface area contributed by atoms with Gasteiger partial charge in [-0.2, -0.15) is 13.2 Å². The number of rotatable bonds is 3. The van der Waals surface area contributed by atoms with Gasteiger partial charge in [-0.25, -0.2) is 4.98 Å². The lowest BCUT2D eigenvalue weighted by Gasteiger charge is -2.12. The first-order chi connectivity index (χ1) is 9.36. The summed E-state index contributed by atoms with van der Waals surface area (Å²) in [5, 5.41) is -0.163. The van der Waals surface area contributed by atoms with Crippen LogP contribution in [-0.4, -0.2) is 9.97 Å². The van der Waals surface area contributed by atoms with Gasteiger partial charge in [0.15, 0.2) is 10.9 Å². The molecule has 2 rings (SSSR count). The topological polar surface area (TPSA) is 45.8 Å². The van der Waals surface area contributed by atoms with E-state index in [1.165, 1.54) is 0 Å². The molecule has 1 aromatic heterocycles. The Balaban J connectivity index is 2.26. The smallest absolute Gasteiger partial charge is 0.301 e. The number of thioether (sulfide) groups is 1. The molecule has 0 aliphatic carbocycles. The van der Waals surface area contributed by atoms with Gasteiger partial charge in [0.25, 0.3) is 5.56 Å². The Bertz CT molecular complexity index is 640. The summed E-state index contributed by atoms with van der Waals surface area (Å²) in [5.41, 5.74) is -1.04. The Hall–Kier alpha value is -1.76. The maximum absolute atomic E-state index is 12.6. The minimum Gasteiger partial charge on any atom is -0.301 e. The average Bonchev–Trinajstić information content (AvgIpc) is 2.38. The summed E-state index contributed by atoms with van der Waals surface area (Å²) in [7, 11) is 0. The van der Waals surface area contributed by atoms with Crippen LogP contribution >= 0.6 is 11.8 Å². The lowest BCUT2D eigenvalue weighted by atomic mass is 10.2. The summed E-state index contributed by atoms with van der Waals surface area (Å²) in [4.78, 5) is 17.0. The monoisotopic (exact) mass is 300 g/mol. The van der Waals surface area contributed by atoms with Crippen molar-refractivity contribution in [3.63, 3.8) is 0 Å². The predicted octanol–water partition coefficient (Wildman–Crippen LogP) is 3.64. The van der Waals surface area contributed by atoms with Gasteiger partial charge in [-0.15, -0.1) is 0 Å². The van der Waals surface area contributed by atoms with Crippen LogP contribution < -0.4 is 5.56 Å². The summed E-state index contributed by atoms with van der Waals surface area (Å²) < 4.78 is 37.8. The van der Waals surface area contributed by atoms with Gasteiger partial charge in [0, 0.05) is 11.3 Å². The normalized spacial score (nSPS) is 13.2. The summed E-state index contributed by atoms with van der Waals surface area (Å²) in [6.07, 6.45) is -4.63. The molecule has 7 heteroatoms. The van der Waals surface area contributed by atoms with Gasteiger partial charge in [-0.1, -0.05) is 42.1 Å². The highest BCUT2D eigenvalue weighted by atomic mass is 32.2. The zero-order chi connectivity index (χ0) is 14.8. The van der Waals surface area contributed by atoms with Crippen LogP contribution in [0.15, 0.2) is 46.3 Å². The van der Waals surface area contributed by atoms with E-state index in [1.54, 1.807) is 0 Å². The van der Waals surface area contributed by atoms with Crippen molar-refractivity contribution in [3.05, 3.63) is 58.0 Å². The van der Waals surface area contributed by atoms with Crippen LogP contribution in [-0.2, 0) is 6.18 Å². The minimum absolute atomic E-state index is 0.0406. The zero-order valence-corrected chi connectivity index (χ0v) is 11.3. The molecular formula is C13H11F3N2OS. The van der Waals surface area contributed by atoms with Gasteiger partial charge < -0.3 is 4.98 Å². The van der Waals surface area contributed by atoms with Crippen molar-refractivity contribution in [2.24, 2.45) is 0 Å². The molecule has 0 unspecified atom stereocenters. The van der Waals surface area contributed by atoms with E-state index in [1.807, 2.05) is 37.3 Å². The largest absolute Gasteiger partial charge is 0.433 e. The van der Waals surface area contributed by atoms with Crippen LogP contribution in [0.3, 0.4) is 0 Å². The fourth-order valence-corrected chi connectivity index (χ4v) is 2.53. The second kappa shape index (κ2) is 5.70. The number of alkyl halides is 3. The molecule has 0 amide bonds. The van der Waals surface area contributed by atoms with Crippen molar-refractivity contribution in [1.29, 1.82) is 0 Å². The first kappa shape index (κ1) is 14.6.